The zero-order valence-electron chi connectivity index (χ0n) is 12.6. The average molecular weight is 396 g/mol. The van der Waals surface area contributed by atoms with Crippen molar-refractivity contribution in [3.63, 3.8) is 0 Å². The van der Waals surface area contributed by atoms with E-state index >= 15 is 0 Å². The van der Waals surface area contributed by atoms with Gasteiger partial charge >= 0.3 is 5.92 Å². The van der Waals surface area contributed by atoms with Gasteiger partial charge in [0.25, 0.3) is 5.89 Å². The number of anilines is 1. The van der Waals surface area contributed by atoms with Crippen LogP contribution in [0.2, 0.25) is 0 Å². The second kappa shape index (κ2) is 8.32. The van der Waals surface area contributed by atoms with Gasteiger partial charge in [0.2, 0.25) is 0 Å². The van der Waals surface area contributed by atoms with Crippen LogP contribution in [0.5, 0.6) is 0 Å². The lowest BCUT2D eigenvalue weighted by Crippen LogP contribution is -2.25. The number of nitrogens with two attached hydrogens (primary N) is 1. The third-order valence-electron chi connectivity index (χ3n) is 3.13. The number of hydrogen-bond acceptors (Lipinski definition) is 6. The number of halogens is 5. The molecule has 3 aromatic rings. The third-order valence-corrected chi connectivity index (χ3v) is 3.13. The first-order valence-corrected chi connectivity index (χ1v) is 6.68. The van der Waals surface area contributed by atoms with E-state index in [1.807, 2.05) is 0 Å². The molecule has 0 atom stereocenters. The van der Waals surface area contributed by atoms with Gasteiger partial charge in [-0.3, -0.25) is 4.98 Å². The minimum absolute atomic E-state index is 0. The molecule has 136 valence electrons. The van der Waals surface area contributed by atoms with Gasteiger partial charge in [0.05, 0.1) is 18.8 Å². The predicted octanol–water partition coefficient (Wildman–Crippen LogP) is 3.26. The largest absolute Gasteiger partial charge is 0.435 e. The summed E-state index contributed by atoms with van der Waals surface area (Å²) in [4.78, 5) is 11.7. The SMILES string of the molecule is Cl.Cl.NCC(F)(F)c1nc2c(NCc3ncccc3F)nccc2o1. The van der Waals surface area contributed by atoms with Crippen molar-refractivity contribution in [2.24, 2.45) is 5.73 Å². The van der Waals surface area contributed by atoms with Crippen molar-refractivity contribution in [3.8, 4) is 0 Å². The van der Waals surface area contributed by atoms with Crippen molar-refractivity contribution in [2.75, 3.05) is 11.9 Å². The summed E-state index contributed by atoms with van der Waals surface area (Å²) in [5.41, 5.74) is 5.44. The molecule has 0 spiro atoms. The molecule has 0 fully saturated rings. The van der Waals surface area contributed by atoms with Crippen LogP contribution in [0.3, 0.4) is 0 Å². The highest BCUT2D eigenvalue weighted by Crippen LogP contribution is 2.31. The van der Waals surface area contributed by atoms with E-state index in [0.29, 0.717) is 0 Å². The highest BCUT2D eigenvalue weighted by Gasteiger charge is 2.36. The molecular weight excluding hydrogens is 382 g/mol. The lowest BCUT2D eigenvalue weighted by molar-refractivity contribution is -0.0199. The van der Waals surface area contributed by atoms with E-state index in [2.05, 4.69) is 20.3 Å². The molecule has 0 amide bonds. The van der Waals surface area contributed by atoms with Crippen LogP contribution in [0.25, 0.3) is 11.1 Å². The van der Waals surface area contributed by atoms with E-state index in [-0.39, 0.29) is 54.0 Å². The molecule has 0 aliphatic carbocycles. The van der Waals surface area contributed by atoms with Crippen LogP contribution in [0, 0.1) is 5.82 Å². The maximum Gasteiger partial charge on any atom is 0.334 e. The van der Waals surface area contributed by atoms with E-state index in [9.17, 15) is 13.2 Å². The van der Waals surface area contributed by atoms with E-state index in [0.717, 1.165) is 0 Å². The van der Waals surface area contributed by atoms with Crippen LogP contribution in [0.1, 0.15) is 11.6 Å². The number of pyridine rings is 2. The Morgan fingerprint density at radius 1 is 1.16 bits per heavy atom. The minimum Gasteiger partial charge on any atom is -0.435 e. The molecule has 3 aromatic heterocycles. The Kier molecular flexibility index (Phi) is 6.97. The first kappa shape index (κ1) is 20.9. The van der Waals surface area contributed by atoms with E-state index in [1.165, 1.54) is 30.6 Å². The minimum atomic E-state index is -3.37. The number of hydrogen-bond donors (Lipinski definition) is 2. The predicted molar refractivity (Wildman–Crippen MR) is 90.8 cm³/mol. The summed E-state index contributed by atoms with van der Waals surface area (Å²) in [5.74, 6) is -4.45. The molecule has 0 aromatic carbocycles. The Bertz CT molecular complexity index is 846. The number of alkyl halides is 2. The molecule has 11 heteroatoms. The second-order valence-corrected chi connectivity index (χ2v) is 4.72. The van der Waals surface area contributed by atoms with Gasteiger partial charge in [0.15, 0.2) is 16.9 Å². The smallest absolute Gasteiger partial charge is 0.334 e. The van der Waals surface area contributed by atoms with Gasteiger partial charge in [-0.2, -0.15) is 8.78 Å². The third kappa shape index (κ3) is 4.30. The molecule has 0 unspecified atom stereocenters. The summed E-state index contributed by atoms with van der Waals surface area (Å²) in [6, 6.07) is 4.15. The maximum absolute atomic E-state index is 13.6. The average Bonchev–Trinajstić information content (AvgIpc) is 3.00. The Balaban J connectivity index is 0.00000156. The summed E-state index contributed by atoms with van der Waals surface area (Å²) in [7, 11) is 0. The molecule has 0 saturated carbocycles. The fourth-order valence-electron chi connectivity index (χ4n) is 1.94. The summed E-state index contributed by atoms with van der Waals surface area (Å²) in [5, 5.41) is 2.82. The molecule has 25 heavy (non-hydrogen) atoms. The molecule has 0 saturated heterocycles. The standard InChI is InChI=1S/C14H12F3N5O.2ClH/c15-8-2-1-4-19-9(8)6-21-12-11-10(3-5-20-12)23-13(22-11)14(16,17)7-18;;/h1-5H,6-7,18H2,(H,20,21);2*1H. The molecule has 3 heterocycles. The van der Waals surface area contributed by atoms with Crippen LogP contribution in [-0.2, 0) is 12.5 Å². The molecule has 0 aliphatic heterocycles. The molecule has 0 aliphatic rings. The van der Waals surface area contributed by atoms with Crippen LogP contribution in [-0.4, -0.2) is 21.5 Å². The van der Waals surface area contributed by atoms with Gasteiger partial charge in [0, 0.05) is 18.5 Å². The first-order valence-electron chi connectivity index (χ1n) is 6.68. The lowest BCUT2D eigenvalue weighted by Gasteiger charge is -2.07. The topological polar surface area (TPSA) is 89.9 Å². The van der Waals surface area contributed by atoms with Crippen LogP contribution in [0.4, 0.5) is 19.0 Å². The molecular formula is C14H14Cl2F3N5O. The number of nitrogens with one attached hydrogen (secondary N) is 1. The fourth-order valence-corrected chi connectivity index (χ4v) is 1.94. The molecule has 3 N–H and O–H groups in total. The van der Waals surface area contributed by atoms with E-state index in [4.69, 9.17) is 10.2 Å². The van der Waals surface area contributed by atoms with Crippen molar-refractivity contribution < 1.29 is 17.6 Å². The summed E-state index contributed by atoms with van der Waals surface area (Å²) >= 11 is 0. The molecule has 3 rings (SSSR count). The summed E-state index contributed by atoms with van der Waals surface area (Å²) in [6.45, 7) is -0.899. The van der Waals surface area contributed by atoms with E-state index < -0.39 is 24.2 Å². The number of rotatable bonds is 5. The highest BCUT2D eigenvalue weighted by atomic mass is 35.5. The van der Waals surface area contributed by atoms with Crippen molar-refractivity contribution in [1.82, 2.24) is 15.0 Å². The van der Waals surface area contributed by atoms with Crippen molar-refractivity contribution >= 4 is 41.7 Å². The molecule has 0 radical (unpaired) electrons. The summed E-state index contributed by atoms with van der Waals surface area (Å²) in [6.07, 6.45) is 2.82. The lowest BCUT2D eigenvalue weighted by atomic mass is 10.3. The number of nitrogens with zero attached hydrogens (tertiary/aromatic N) is 3. The van der Waals surface area contributed by atoms with Crippen molar-refractivity contribution in [2.45, 2.75) is 12.5 Å². The Labute approximate surface area is 152 Å². The van der Waals surface area contributed by atoms with Gasteiger partial charge in [-0.15, -0.1) is 24.8 Å². The Morgan fingerprint density at radius 2 is 1.92 bits per heavy atom. The van der Waals surface area contributed by atoms with E-state index in [1.54, 1.807) is 0 Å². The van der Waals surface area contributed by atoms with Gasteiger partial charge in [-0.25, -0.2) is 14.4 Å². The Hall–Kier alpha value is -2.10. The number of oxazole rings is 1. The van der Waals surface area contributed by atoms with Crippen molar-refractivity contribution in [3.05, 3.63) is 48.0 Å². The second-order valence-electron chi connectivity index (χ2n) is 4.72. The molecule has 0 bridgehead atoms. The zero-order chi connectivity index (χ0) is 16.4. The quantitative estimate of drug-likeness (QED) is 0.688. The zero-order valence-corrected chi connectivity index (χ0v) is 14.2. The normalized spacial score (nSPS) is 10.9. The number of fused-ring (bicyclic) bond motifs is 1. The van der Waals surface area contributed by atoms with Crippen LogP contribution in [0.15, 0.2) is 35.0 Å². The molecule has 6 nitrogen and oxygen atoms in total. The van der Waals surface area contributed by atoms with Gasteiger partial charge in [0.1, 0.15) is 5.82 Å². The summed E-state index contributed by atoms with van der Waals surface area (Å²) < 4.78 is 45.7. The van der Waals surface area contributed by atoms with Crippen LogP contribution >= 0.6 is 24.8 Å². The first-order chi connectivity index (χ1) is 11.0. The van der Waals surface area contributed by atoms with Gasteiger partial charge in [-0.05, 0) is 12.1 Å². The number of aromatic nitrogens is 3. The Morgan fingerprint density at radius 3 is 2.60 bits per heavy atom. The van der Waals surface area contributed by atoms with Gasteiger partial charge in [-0.1, -0.05) is 0 Å². The maximum atomic E-state index is 13.6. The van der Waals surface area contributed by atoms with Crippen LogP contribution < -0.4 is 11.1 Å². The fraction of sp³-hybridized carbons (Fsp3) is 0.214. The van der Waals surface area contributed by atoms with Crippen molar-refractivity contribution in [1.29, 1.82) is 0 Å². The highest BCUT2D eigenvalue weighted by molar-refractivity contribution is 5.85. The van der Waals surface area contributed by atoms with Gasteiger partial charge < -0.3 is 15.5 Å². The monoisotopic (exact) mass is 395 g/mol.